The molecular weight excluding hydrogens is 214 g/mol. The molecule has 3 aromatic rings. The zero-order valence-corrected chi connectivity index (χ0v) is 9.71. The van der Waals surface area contributed by atoms with Crippen molar-refractivity contribution in [2.75, 3.05) is 0 Å². The number of hydrogen-bond donors (Lipinski definition) is 0. The van der Waals surface area contributed by atoms with Gasteiger partial charge in [0, 0.05) is 18.6 Å². The van der Waals surface area contributed by atoms with Crippen molar-refractivity contribution >= 4 is 5.78 Å². The van der Waals surface area contributed by atoms with Crippen LogP contribution in [0.3, 0.4) is 0 Å². The molecule has 4 heteroatoms. The molecule has 0 fully saturated rings. The van der Waals surface area contributed by atoms with Crippen molar-refractivity contribution in [3.63, 3.8) is 0 Å². The van der Waals surface area contributed by atoms with Crippen molar-refractivity contribution in [1.82, 2.24) is 9.97 Å². The summed E-state index contributed by atoms with van der Waals surface area (Å²) in [6.07, 6.45) is 0. The highest BCUT2D eigenvalue weighted by Gasteiger charge is 2.18. The molecule has 84 valence electrons. The second-order valence-electron chi connectivity index (χ2n) is 3.97. The molecular formula is C13H12N3O+. The summed E-state index contributed by atoms with van der Waals surface area (Å²) in [4.78, 5) is 8.59. The summed E-state index contributed by atoms with van der Waals surface area (Å²) < 4.78 is 7.22. The fraction of sp³-hybridized carbons (Fsp3) is 0.154. The molecule has 0 aliphatic rings. The average molecular weight is 226 g/mol. The van der Waals surface area contributed by atoms with Gasteiger partial charge >= 0.3 is 11.7 Å². The molecule has 3 rings (SSSR count). The Hall–Kier alpha value is -2.23. The Kier molecular flexibility index (Phi) is 2.14. The number of nitrogens with zero attached hydrogens (tertiary/aromatic N) is 3. The van der Waals surface area contributed by atoms with Crippen molar-refractivity contribution in [3.05, 3.63) is 48.0 Å². The van der Waals surface area contributed by atoms with Crippen LogP contribution in [0.5, 0.6) is 0 Å². The summed E-state index contributed by atoms with van der Waals surface area (Å²) in [7, 11) is 0. The zero-order valence-electron chi connectivity index (χ0n) is 9.71. The van der Waals surface area contributed by atoms with Crippen LogP contribution in [0.25, 0.3) is 17.0 Å². The number of aromatic nitrogens is 3. The summed E-state index contributed by atoms with van der Waals surface area (Å²) in [5.74, 6) is 1.21. The molecule has 0 radical (unpaired) electrons. The Balaban J connectivity index is 2.35. The lowest BCUT2D eigenvalue weighted by atomic mass is 10.1. The fourth-order valence-corrected chi connectivity index (χ4v) is 1.86. The van der Waals surface area contributed by atoms with Crippen LogP contribution in [-0.4, -0.2) is 9.97 Å². The van der Waals surface area contributed by atoms with Gasteiger partial charge in [-0.2, -0.15) is 0 Å². The molecule has 0 spiro atoms. The smallest absolute Gasteiger partial charge is 0.284 e. The molecule has 17 heavy (non-hydrogen) atoms. The highest BCUT2D eigenvalue weighted by atomic mass is 16.5. The Morgan fingerprint density at radius 2 is 1.82 bits per heavy atom. The van der Waals surface area contributed by atoms with E-state index < -0.39 is 0 Å². The van der Waals surface area contributed by atoms with E-state index in [0.717, 1.165) is 17.0 Å². The van der Waals surface area contributed by atoms with Gasteiger partial charge in [-0.1, -0.05) is 35.3 Å². The van der Waals surface area contributed by atoms with E-state index in [2.05, 4.69) is 9.97 Å². The average Bonchev–Trinajstić information content (AvgIpc) is 2.69. The monoisotopic (exact) mass is 226 g/mol. The highest BCUT2D eigenvalue weighted by molar-refractivity contribution is 5.56. The van der Waals surface area contributed by atoms with Gasteiger partial charge in [-0.05, 0) is 16.5 Å². The number of fused-ring (bicyclic) bond motifs is 1. The first-order valence-corrected chi connectivity index (χ1v) is 5.47. The van der Waals surface area contributed by atoms with E-state index in [1.807, 2.05) is 50.2 Å². The SMILES string of the molecule is Cc1cc(-c2ccccc2)[n+]2oc(C)nc2n1. The molecule has 0 saturated carbocycles. The summed E-state index contributed by atoms with van der Waals surface area (Å²) >= 11 is 0. The molecule has 0 aliphatic carbocycles. The van der Waals surface area contributed by atoms with Gasteiger partial charge < -0.3 is 0 Å². The van der Waals surface area contributed by atoms with E-state index in [-0.39, 0.29) is 0 Å². The lowest BCUT2D eigenvalue weighted by molar-refractivity contribution is -0.710. The summed E-state index contributed by atoms with van der Waals surface area (Å²) in [6, 6.07) is 12.1. The van der Waals surface area contributed by atoms with Crippen molar-refractivity contribution in [2.24, 2.45) is 0 Å². The first kappa shape index (κ1) is 9.96. The largest absolute Gasteiger partial charge is 0.474 e. The zero-order chi connectivity index (χ0) is 11.8. The van der Waals surface area contributed by atoms with E-state index in [0.29, 0.717) is 11.7 Å². The molecule has 0 aliphatic heterocycles. The molecule has 0 N–H and O–H groups in total. The Morgan fingerprint density at radius 1 is 1.06 bits per heavy atom. The minimum Gasteiger partial charge on any atom is -0.284 e. The summed E-state index contributed by atoms with van der Waals surface area (Å²) in [5.41, 5.74) is 2.98. The molecule has 0 unspecified atom stereocenters. The number of rotatable bonds is 1. The van der Waals surface area contributed by atoms with E-state index in [4.69, 9.17) is 4.52 Å². The van der Waals surface area contributed by atoms with E-state index in [1.54, 1.807) is 4.57 Å². The Labute approximate surface area is 98.5 Å². The molecule has 0 amide bonds. The molecule has 2 heterocycles. The Bertz CT molecular complexity index is 674. The predicted molar refractivity (Wildman–Crippen MR) is 62.4 cm³/mol. The predicted octanol–water partition coefficient (Wildman–Crippen LogP) is 2.09. The quantitative estimate of drug-likeness (QED) is 0.597. The van der Waals surface area contributed by atoms with Gasteiger partial charge in [0.1, 0.15) is 5.69 Å². The maximum absolute atomic E-state index is 5.55. The topological polar surface area (TPSA) is 43.0 Å². The van der Waals surface area contributed by atoms with Gasteiger partial charge in [0.15, 0.2) is 5.69 Å². The first-order chi connectivity index (χ1) is 8.24. The Morgan fingerprint density at radius 3 is 2.59 bits per heavy atom. The third-order valence-corrected chi connectivity index (χ3v) is 2.57. The third kappa shape index (κ3) is 1.67. The highest BCUT2D eigenvalue weighted by Crippen LogP contribution is 2.16. The molecule has 0 saturated heterocycles. The van der Waals surface area contributed by atoms with Crippen LogP contribution in [0.1, 0.15) is 11.6 Å². The van der Waals surface area contributed by atoms with Crippen LogP contribution in [0, 0.1) is 13.8 Å². The molecule has 4 nitrogen and oxygen atoms in total. The third-order valence-electron chi connectivity index (χ3n) is 2.57. The van der Waals surface area contributed by atoms with Gasteiger partial charge in [-0.25, -0.2) is 0 Å². The normalized spacial score (nSPS) is 10.9. The second kappa shape index (κ2) is 3.66. The minimum atomic E-state index is 0.598. The van der Waals surface area contributed by atoms with Gasteiger partial charge in [-0.3, -0.25) is 4.52 Å². The fourth-order valence-electron chi connectivity index (χ4n) is 1.86. The van der Waals surface area contributed by atoms with Crippen LogP contribution < -0.4 is 4.57 Å². The van der Waals surface area contributed by atoms with E-state index >= 15 is 0 Å². The van der Waals surface area contributed by atoms with E-state index in [1.165, 1.54) is 0 Å². The van der Waals surface area contributed by atoms with Gasteiger partial charge in [0.05, 0.1) is 0 Å². The summed E-state index contributed by atoms with van der Waals surface area (Å²) in [6.45, 7) is 3.77. The lowest BCUT2D eigenvalue weighted by Gasteiger charge is -1.98. The molecule has 1 aromatic carbocycles. The van der Waals surface area contributed by atoms with Gasteiger partial charge in [-0.15, -0.1) is 0 Å². The molecule has 0 bridgehead atoms. The number of hydrogen-bond acceptors (Lipinski definition) is 3. The maximum Gasteiger partial charge on any atom is 0.474 e. The van der Waals surface area contributed by atoms with Crippen molar-refractivity contribution in [3.8, 4) is 11.3 Å². The van der Waals surface area contributed by atoms with Gasteiger partial charge in [0.25, 0.3) is 0 Å². The van der Waals surface area contributed by atoms with Crippen molar-refractivity contribution < 1.29 is 9.10 Å². The van der Waals surface area contributed by atoms with Crippen molar-refractivity contribution in [2.45, 2.75) is 13.8 Å². The molecule has 2 aromatic heterocycles. The lowest BCUT2D eigenvalue weighted by Crippen LogP contribution is -2.23. The van der Waals surface area contributed by atoms with Crippen LogP contribution >= 0.6 is 0 Å². The van der Waals surface area contributed by atoms with Crippen LogP contribution in [0.2, 0.25) is 0 Å². The standard InChI is InChI=1S/C13H12N3O/c1-9-8-12(11-6-4-3-5-7-11)16-13(14-9)15-10(2)17-16/h3-8H,1-2H3/q+1. The number of benzene rings is 1. The molecule has 0 atom stereocenters. The van der Waals surface area contributed by atoms with Crippen LogP contribution in [-0.2, 0) is 0 Å². The van der Waals surface area contributed by atoms with Crippen LogP contribution in [0.15, 0.2) is 40.9 Å². The summed E-state index contributed by atoms with van der Waals surface area (Å²) in [5, 5.41) is 0. The van der Waals surface area contributed by atoms with E-state index in [9.17, 15) is 0 Å². The first-order valence-electron chi connectivity index (χ1n) is 5.47. The number of aryl methyl sites for hydroxylation is 2. The van der Waals surface area contributed by atoms with Crippen molar-refractivity contribution in [1.29, 1.82) is 0 Å². The second-order valence-corrected chi connectivity index (χ2v) is 3.97. The minimum absolute atomic E-state index is 0.598. The van der Waals surface area contributed by atoms with Gasteiger partial charge in [0.2, 0.25) is 0 Å². The van der Waals surface area contributed by atoms with Crippen LogP contribution in [0.4, 0.5) is 0 Å². The maximum atomic E-state index is 5.55.